The number of rotatable bonds is 0. The van der Waals surface area contributed by atoms with Gasteiger partial charge in [-0.3, -0.25) is 0 Å². The Morgan fingerprint density at radius 3 is 1.46 bits per heavy atom. The highest BCUT2D eigenvalue weighted by Gasteiger charge is 2.47. The summed E-state index contributed by atoms with van der Waals surface area (Å²) in [7, 11) is 0. The van der Waals surface area contributed by atoms with Crippen LogP contribution in [0.1, 0.15) is 49.9 Å². The standard InChI is InChI=1S/C48H32/c1-47(2)37-23-28-18-17-26-9-5-10-27-19-20-33(41(28)39(26)27)44(37)35-22-21-34-43-32-16-8-15-30-29-13-6-11-25-12-7-14-31(40(25)29)36(42(30)32)24-38(43)48(3,4)46(34)45(35)47/h5-24H,1-4H3. The summed E-state index contributed by atoms with van der Waals surface area (Å²) in [4.78, 5) is 0. The van der Waals surface area contributed by atoms with Gasteiger partial charge in [-0.05, 0) is 132 Å². The van der Waals surface area contributed by atoms with Gasteiger partial charge in [0.15, 0.2) is 0 Å². The van der Waals surface area contributed by atoms with Gasteiger partial charge in [-0.1, -0.05) is 137 Å². The second kappa shape index (κ2) is 7.97. The van der Waals surface area contributed by atoms with Crippen molar-refractivity contribution in [3.8, 4) is 22.3 Å². The summed E-state index contributed by atoms with van der Waals surface area (Å²) in [6.45, 7) is 9.91. The van der Waals surface area contributed by atoms with Crippen molar-refractivity contribution in [1.82, 2.24) is 0 Å². The van der Waals surface area contributed by atoms with Crippen LogP contribution in [0.15, 0.2) is 121 Å². The van der Waals surface area contributed by atoms with E-state index in [0.717, 1.165) is 0 Å². The smallest absolute Gasteiger partial charge is 0.0162 e. The molecule has 0 bridgehead atoms. The van der Waals surface area contributed by atoms with Gasteiger partial charge in [0.05, 0.1) is 0 Å². The molecule has 0 nitrogen and oxygen atoms in total. The van der Waals surface area contributed by atoms with E-state index >= 15 is 0 Å². The van der Waals surface area contributed by atoms with E-state index < -0.39 is 0 Å². The highest BCUT2D eigenvalue weighted by Crippen LogP contribution is 2.62. The van der Waals surface area contributed by atoms with Crippen LogP contribution >= 0.6 is 0 Å². The molecule has 0 spiro atoms. The SMILES string of the molecule is CC1(C)c2cc3c4cccc5cccc(c6cccc(c2-c2ccc7c(c21)C(C)(C)c1cc2ccc8cccc9ccc(c1-7)c2c89)c63)c54. The third kappa shape index (κ3) is 2.69. The third-order valence-electron chi connectivity index (χ3n) is 12.6. The van der Waals surface area contributed by atoms with Gasteiger partial charge < -0.3 is 0 Å². The second-order valence-corrected chi connectivity index (χ2v) is 15.6. The van der Waals surface area contributed by atoms with E-state index in [2.05, 4.69) is 149 Å². The first-order chi connectivity index (χ1) is 23.3. The lowest BCUT2D eigenvalue weighted by Crippen LogP contribution is -2.24. The van der Waals surface area contributed by atoms with Crippen LogP contribution in [0.5, 0.6) is 0 Å². The van der Waals surface area contributed by atoms with E-state index in [9.17, 15) is 0 Å². The first kappa shape index (κ1) is 25.6. The van der Waals surface area contributed by atoms with Gasteiger partial charge in [0.1, 0.15) is 0 Å². The fourth-order valence-corrected chi connectivity index (χ4v) is 10.7. The lowest BCUT2D eigenvalue weighted by Gasteiger charge is -2.31. The van der Waals surface area contributed by atoms with Gasteiger partial charge in [-0.15, -0.1) is 0 Å². The van der Waals surface area contributed by atoms with E-state index in [1.54, 1.807) is 0 Å². The molecule has 0 amide bonds. The largest absolute Gasteiger partial charge is 0.0610 e. The average Bonchev–Trinajstić information content (AvgIpc) is 3.48. The molecule has 224 valence electrons. The molecule has 0 atom stereocenters. The summed E-state index contributed by atoms with van der Waals surface area (Å²) >= 11 is 0. The Hall–Kier alpha value is -5.46. The van der Waals surface area contributed by atoms with Crippen molar-refractivity contribution in [1.29, 1.82) is 0 Å². The molecule has 0 aliphatic heterocycles. The number of hydrogen-bond donors (Lipinski definition) is 0. The van der Waals surface area contributed by atoms with Crippen LogP contribution in [-0.4, -0.2) is 0 Å². The summed E-state index contributed by atoms with van der Waals surface area (Å²) in [5.41, 5.74) is 11.3. The minimum Gasteiger partial charge on any atom is -0.0610 e. The topological polar surface area (TPSA) is 0 Å². The molecule has 48 heavy (non-hydrogen) atoms. The van der Waals surface area contributed by atoms with Crippen molar-refractivity contribution in [2.45, 2.75) is 38.5 Å². The first-order valence-electron chi connectivity index (χ1n) is 17.4. The van der Waals surface area contributed by atoms with Crippen molar-refractivity contribution in [3.05, 3.63) is 144 Å². The Morgan fingerprint density at radius 2 is 0.792 bits per heavy atom. The number of hydrogen-bond acceptors (Lipinski definition) is 0. The zero-order valence-electron chi connectivity index (χ0n) is 27.5. The lowest BCUT2D eigenvalue weighted by atomic mass is 9.72. The Bertz CT molecular complexity index is 3070. The van der Waals surface area contributed by atoms with Crippen molar-refractivity contribution in [3.63, 3.8) is 0 Å². The molecule has 0 saturated carbocycles. The summed E-state index contributed by atoms with van der Waals surface area (Å²) in [6.07, 6.45) is 0. The van der Waals surface area contributed by atoms with Crippen LogP contribution < -0.4 is 0 Å². The van der Waals surface area contributed by atoms with Crippen LogP contribution in [0.4, 0.5) is 0 Å². The average molecular weight is 609 g/mol. The van der Waals surface area contributed by atoms with Crippen molar-refractivity contribution in [2.75, 3.05) is 0 Å². The summed E-state index contributed by atoms with van der Waals surface area (Å²) in [6, 6.07) is 46.8. The van der Waals surface area contributed by atoms with Crippen LogP contribution in [0, 0.1) is 0 Å². The summed E-state index contributed by atoms with van der Waals surface area (Å²) in [5.74, 6) is 0. The quantitative estimate of drug-likeness (QED) is 0.119. The third-order valence-corrected chi connectivity index (χ3v) is 12.6. The van der Waals surface area contributed by atoms with Gasteiger partial charge in [0, 0.05) is 10.8 Å². The summed E-state index contributed by atoms with van der Waals surface area (Å²) < 4.78 is 0. The summed E-state index contributed by atoms with van der Waals surface area (Å²) in [5, 5.41) is 19.1. The highest BCUT2D eigenvalue weighted by molar-refractivity contribution is 6.35. The van der Waals surface area contributed by atoms with Crippen LogP contribution in [0.3, 0.4) is 0 Å². The van der Waals surface area contributed by atoms with E-state index in [1.165, 1.54) is 120 Å². The predicted octanol–water partition coefficient (Wildman–Crippen LogP) is 13.2. The van der Waals surface area contributed by atoms with E-state index in [4.69, 9.17) is 0 Å². The van der Waals surface area contributed by atoms with Crippen LogP contribution in [0.2, 0.25) is 0 Å². The Morgan fingerprint density at radius 1 is 0.333 bits per heavy atom. The molecule has 0 radical (unpaired) electrons. The molecule has 0 unspecified atom stereocenters. The zero-order valence-corrected chi connectivity index (χ0v) is 27.5. The molecule has 2 aliphatic rings. The molecule has 12 rings (SSSR count). The Balaban J connectivity index is 1.22. The monoisotopic (exact) mass is 608 g/mol. The molecule has 0 saturated heterocycles. The molecule has 0 heterocycles. The fraction of sp³-hybridized carbons (Fsp3) is 0.125. The molecule has 0 fully saturated rings. The van der Waals surface area contributed by atoms with E-state index in [1.807, 2.05) is 0 Å². The van der Waals surface area contributed by atoms with Gasteiger partial charge in [-0.2, -0.15) is 0 Å². The molecule has 10 aromatic rings. The Labute approximate surface area is 278 Å². The van der Waals surface area contributed by atoms with Gasteiger partial charge >= 0.3 is 0 Å². The number of benzene rings is 10. The maximum atomic E-state index is 2.57. The number of fused-ring (bicyclic) bond motifs is 11. The van der Waals surface area contributed by atoms with Crippen molar-refractivity contribution >= 4 is 75.4 Å². The van der Waals surface area contributed by atoms with Crippen molar-refractivity contribution < 1.29 is 0 Å². The minimum atomic E-state index is -0.159. The minimum absolute atomic E-state index is 0.140. The molecule has 2 aliphatic carbocycles. The van der Waals surface area contributed by atoms with Gasteiger partial charge in [0.25, 0.3) is 0 Å². The van der Waals surface area contributed by atoms with Gasteiger partial charge in [-0.25, -0.2) is 0 Å². The maximum absolute atomic E-state index is 2.57. The predicted molar refractivity (Wildman–Crippen MR) is 206 cm³/mol. The molecule has 0 aromatic heterocycles. The molecule has 10 aromatic carbocycles. The molecular formula is C48H32. The normalized spacial score (nSPS) is 15.8. The second-order valence-electron chi connectivity index (χ2n) is 15.6. The maximum Gasteiger partial charge on any atom is 0.0162 e. The van der Waals surface area contributed by atoms with E-state index in [0.29, 0.717) is 0 Å². The van der Waals surface area contributed by atoms with E-state index in [-0.39, 0.29) is 10.8 Å². The fourth-order valence-electron chi connectivity index (χ4n) is 10.7. The first-order valence-corrected chi connectivity index (χ1v) is 17.4. The van der Waals surface area contributed by atoms with Gasteiger partial charge in [0.2, 0.25) is 0 Å². The zero-order chi connectivity index (χ0) is 31.8. The molecule has 0 N–H and O–H groups in total. The van der Waals surface area contributed by atoms with Crippen LogP contribution in [0.25, 0.3) is 97.7 Å². The highest BCUT2D eigenvalue weighted by atomic mass is 14.5. The molecular weight excluding hydrogens is 577 g/mol. The van der Waals surface area contributed by atoms with Crippen molar-refractivity contribution in [2.24, 2.45) is 0 Å². The Kier molecular flexibility index (Phi) is 4.25. The molecule has 0 heteroatoms. The lowest BCUT2D eigenvalue weighted by molar-refractivity contribution is 0.602. The van der Waals surface area contributed by atoms with Crippen LogP contribution in [-0.2, 0) is 10.8 Å².